The number of hydrogen-bond donors (Lipinski definition) is 0. The van der Waals surface area contributed by atoms with Gasteiger partial charge >= 0.3 is 0 Å². The Kier molecular flexibility index (Phi) is 6.52. The van der Waals surface area contributed by atoms with E-state index >= 15 is 0 Å². The summed E-state index contributed by atoms with van der Waals surface area (Å²) in [5.41, 5.74) is 0.0521. The number of nitrogens with zero attached hydrogens (tertiary/aromatic N) is 3. The first-order chi connectivity index (χ1) is 13.7. The minimum Gasteiger partial charge on any atom is -0.338 e. The number of carbonyl (C=O) groups excluding carboxylic acids is 2. The van der Waals surface area contributed by atoms with E-state index in [9.17, 15) is 26.8 Å². The Hall–Kier alpha value is -2.07. The molecule has 2 aliphatic rings. The van der Waals surface area contributed by atoms with Crippen molar-refractivity contribution in [2.24, 2.45) is 0 Å². The summed E-state index contributed by atoms with van der Waals surface area (Å²) < 4.78 is 52.6. The first-order valence-electron chi connectivity index (χ1n) is 9.77. The van der Waals surface area contributed by atoms with Crippen LogP contribution in [0.4, 0.5) is 8.78 Å². The van der Waals surface area contributed by atoms with Crippen molar-refractivity contribution in [1.29, 1.82) is 0 Å². The smallest absolute Gasteiger partial charge is 0.254 e. The van der Waals surface area contributed by atoms with Gasteiger partial charge in [-0.1, -0.05) is 6.92 Å². The highest BCUT2D eigenvalue weighted by atomic mass is 32.2. The molecule has 3 rings (SSSR count). The third kappa shape index (κ3) is 4.58. The molecule has 2 fully saturated rings. The lowest BCUT2D eigenvalue weighted by Gasteiger charge is -2.37. The largest absolute Gasteiger partial charge is 0.338 e. The Balaban J connectivity index is 1.62. The van der Waals surface area contributed by atoms with Crippen LogP contribution in [0.25, 0.3) is 0 Å². The molecule has 0 aliphatic carbocycles. The van der Waals surface area contributed by atoms with Crippen LogP contribution in [0.2, 0.25) is 0 Å². The van der Waals surface area contributed by atoms with E-state index < -0.39 is 33.6 Å². The molecule has 0 N–H and O–H groups in total. The maximum absolute atomic E-state index is 13.4. The monoisotopic (exact) mass is 429 g/mol. The van der Waals surface area contributed by atoms with E-state index in [4.69, 9.17) is 0 Å². The van der Waals surface area contributed by atoms with Crippen LogP contribution in [-0.2, 0) is 14.8 Å². The molecule has 0 saturated carbocycles. The van der Waals surface area contributed by atoms with Crippen molar-refractivity contribution in [2.75, 3.05) is 38.5 Å². The van der Waals surface area contributed by atoms with Crippen LogP contribution < -0.4 is 0 Å². The van der Waals surface area contributed by atoms with E-state index in [2.05, 4.69) is 0 Å². The second kappa shape index (κ2) is 8.74. The molecule has 160 valence electrons. The van der Waals surface area contributed by atoms with Gasteiger partial charge in [0, 0.05) is 38.3 Å². The number of amides is 2. The lowest BCUT2D eigenvalue weighted by atomic mass is 10.1. The molecule has 0 bridgehead atoms. The van der Waals surface area contributed by atoms with E-state index in [1.165, 1.54) is 15.3 Å². The van der Waals surface area contributed by atoms with Crippen molar-refractivity contribution in [1.82, 2.24) is 14.1 Å². The maximum atomic E-state index is 13.4. The normalized spacial score (nSPS) is 20.9. The van der Waals surface area contributed by atoms with Crippen molar-refractivity contribution in [2.45, 2.75) is 32.2 Å². The van der Waals surface area contributed by atoms with E-state index in [0.717, 1.165) is 12.1 Å². The Morgan fingerprint density at radius 2 is 1.69 bits per heavy atom. The second-order valence-electron chi connectivity index (χ2n) is 7.33. The summed E-state index contributed by atoms with van der Waals surface area (Å²) in [6.07, 6.45) is 1.63. The molecule has 0 spiro atoms. The van der Waals surface area contributed by atoms with Crippen LogP contribution >= 0.6 is 0 Å². The van der Waals surface area contributed by atoms with Crippen LogP contribution in [0.15, 0.2) is 18.2 Å². The van der Waals surface area contributed by atoms with Gasteiger partial charge in [-0.15, -0.1) is 0 Å². The van der Waals surface area contributed by atoms with Crippen molar-refractivity contribution < 1.29 is 26.8 Å². The molecule has 2 amide bonds. The Bertz CT molecular complexity index is 885. The number of rotatable bonds is 5. The predicted octanol–water partition coefficient (Wildman–Crippen LogP) is 1.45. The summed E-state index contributed by atoms with van der Waals surface area (Å²) in [6.45, 7) is 3.18. The average molecular weight is 429 g/mol. The number of piperazine rings is 1. The SMILES string of the molecule is CCCS(=O)(=O)N1CCCC1C(=O)N1CCN(C(=O)c2ccc(F)c(F)c2)CC1. The highest BCUT2D eigenvalue weighted by molar-refractivity contribution is 7.89. The summed E-state index contributed by atoms with van der Waals surface area (Å²) in [5, 5.41) is 0. The van der Waals surface area contributed by atoms with Gasteiger partial charge in [0.25, 0.3) is 5.91 Å². The molecule has 7 nitrogen and oxygen atoms in total. The maximum Gasteiger partial charge on any atom is 0.254 e. The summed E-state index contributed by atoms with van der Waals surface area (Å²) >= 11 is 0. The summed E-state index contributed by atoms with van der Waals surface area (Å²) in [4.78, 5) is 28.5. The van der Waals surface area contributed by atoms with Gasteiger partial charge in [-0.25, -0.2) is 17.2 Å². The van der Waals surface area contributed by atoms with Crippen LogP contribution in [0, 0.1) is 11.6 Å². The molecule has 0 radical (unpaired) electrons. The van der Waals surface area contributed by atoms with E-state index in [1.54, 1.807) is 11.8 Å². The van der Waals surface area contributed by atoms with Gasteiger partial charge < -0.3 is 9.80 Å². The zero-order valence-electron chi connectivity index (χ0n) is 16.3. The lowest BCUT2D eigenvalue weighted by molar-refractivity contribution is -0.136. The minimum atomic E-state index is -3.46. The van der Waals surface area contributed by atoms with Crippen LogP contribution in [0.1, 0.15) is 36.5 Å². The number of carbonyl (C=O) groups is 2. The average Bonchev–Trinajstić information content (AvgIpc) is 3.20. The quantitative estimate of drug-likeness (QED) is 0.710. The van der Waals surface area contributed by atoms with Crippen LogP contribution in [0.5, 0.6) is 0 Å². The Morgan fingerprint density at radius 1 is 1.03 bits per heavy atom. The number of sulfonamides is 1. The van der Waals surface area contributed by atoms with Crippen molar-refractivity contribution in [3.8, 4) is 0 Å². The molecule has 29 heavy (non-hydrogen) atoms. The fourth-order valence-electron chi connectivity index (χ4n) is 3.85. The zero-order chi connectivity index (χ0) is 21.2. The van der Waals surface area contributed by atoms with Crippen molar-refractivity contribution >= 4 is 21.8 Å². The Labute approximate surface area is 169 Å². The van der Waals surface area contributed by atoms with Gasteiger partial charge in [-0.05, 0) is 37.5 Å². The van der Waals surface area contributed by atoms with Gasteiger partial charge in [0.05, 0.1) is 5.75 Å². The van der Waals surface area contributed by atoms with Crippen LogP contribution in [0.3, 0.4) is 0 Å². The Morgan fingerprint density at radius 3 is 2.31 bits per heavy atom. The molecule has 2 aliphatic heterocycles. The van der Waals surface area contributed by atoms with Gasteiger partial charge in [0.15, 0.2) is 11.6 Å². The van der Waals surface area contributed by atoms with Gasteiger partial charge in [0.2, 0.25) is 15.9 Å². The summed E-state index contributed by atoms with van der Waals surface area (Å²) in [7, 11) is -3.46. The fraction of sp³-hybridized carbons (Fsp3) is 0.579. The van der Waals surface area contributed by atoms with E-state index in [1.807, 2.05) is 0 Å². The van der Waals surface area contributed by atoms with E-state index in [-0.39, 0.29) is 43.4 Å². The van der Waals surface area contributed by atoms with E-state index in [0.29, 0.717) is 25.8 Å². The van der Waals surface area contributed by atoms with Crippen molar-refractivity contribution in [3.63, 3.8) is 0 Å². The third-order valence-electron chi connectivity index (χ3n) is 5.35. The molecule has 2 heterocycles. The molecule has 1 unspecified atom stereocenters. The first kappa shape index (κ1) is 21.6. The second-order valence-corrected chi connectivity index (χ2v) is 9.37. The highest BCUT2D eigenvalue weighted by Crippen LogP contribution is 2.24. The standard InChI is InChI=1S/C19H25F2N3O4S/c1-2-12-29(27,28)24-7-3-4-17(24)19(26)23-10-8-22(9-11-23)18(25)14-5-6-15(20)16(21)13-14/h5-6,13,17H,2-4,7-12H2,1H3. The summed E-state index contributed by atoms with van der Waals surface area (Å²) in [5.74, 6) is -2.74. The first-order valence-corrected chi connectivity index (χ1v) is 11.4. The lowest BCUT2D eigenvalue weighted by Crippen LogP contribution is -2.55. The molecule has 0 aromatic heterocycles. The van der Waals surface area contributed by atoms with Gasteiger partial charge in [-0.2, -0.15) is 4.31 Å². The fourth-order valence-corrected chi connectivity index (χ4v) is 5.59. The predicted molar refractivity (Wildman–Crippen MR) is 103 cm³/mol. The minimum absolute atomic E-state index is 0.0211. The topological polar surface area (TPSA) is 78.0 Å². The zero-order valence-corrected chi connectivity index (χ0v) is 17.1. The highest BCUT2D eigenvalue weighted by Gasteiger charge is 2.40. The molecular weight excluding hydrogens is 404 g/mol. The van der Waals surface area contributed by atoms with Gasteiger partial charge in [-0.3, -0.25) is 9.59 Å². The number of hydrogen-bond acceptors (Lipinski definition) is 4. The molecule has 1 aromatic carbocycles. The van der Waals surface area contributed by atoms with Gasteiger partial charge in [0.1, 0.15) is 6.04 Å². The molecule has 1 atom stereocenters. The molecular formula is C19H25F2N3O4S. The number of benzene rings is 1. The number of halogens is 2. The van der Waals surface area contributed by atoms with Crippen molar-refractivity contribution in [3.05, 3.63) is 35.4 Å². The molecule has 1 aromatic rings. The summed E-state index contributed by atoms with van der Waals surface area (Å²) in [6, 6.07) is 2.32. The molecule has 2 saturated heterocycles. The molecule has 10 heteroatoms. The van der Waals surface area contributed by atoms with Crippen LogP contribution in [-0.4, -0.2) is 78.9 Å². The third-order valence-corrected chi connectivity index (χ3v) is 7.43.